The number of nitrogens with zero attached hydrogens (tertiary/aromatic N) is 4. The molecule has 0 bridgehead atoms. The summed E-state index contributed by atoms with van der Waals surface area (Å²) in [5.41, 5.74) is 2.43. The van der Waals surface area contributed by atoms with E-state index >= 15 is 0 Å². The molecule has 0 amide bonds. The van der Waals surface area contributed by atoms with E-state index in [1.54, 1.807) is 10.8 Å². The Bertz CT molecular complexity index is 1380. The highest BCUT2D eigenvalue weighted by Gasteiger charge is 2.17. The highest BCUT2D eigenvalue weighted by atomic mass is 16.3. The van der Waals surface area contributed by atoms with E-state index in [1.165, 1.54) is 6.20 Å². The van der Waals surface area contributed by atoms with Crippen LogP contribution in [0.25, 0.3) is 27.6 Å². The normalized spacial score (nSPS) is 12.3. The van der Waals surface area contributed by atoms with E-state index in [4.69, 9.17) is 0 Å². The van der Waals surface area contributed by atoms with Gasteiger partial charge in [0.25, 0.3) is 5.56 Å². The largest absolute Gasteiger partial charge is 0.394 e. The summed E-state index contributed by atoms with van der Waals surface area (Å²) in [5.74, 6) is 0.313. The molecule has 0 spiro atoms. The van der Waals surface area contributed by atoms with Crippen LogP contribution in [0.3, 0.4) is 0 Å². The number of H-pyrrole nitrogens is 1. The zero-order chi connectivity index (χ0) is 20.5. The van der Waals surface area contributed by atoms with Gasteiger partial charge in [0.05, 0.1) is 40.8 Å². The van der Waals surface area contributed by atoms with Gasteiger partial charge in [-0.1, -0.05) is 48.5 Å². The monoisotopic (exact) mass is 398 g/mol. The number of aromatic nitrogens is 5. The third-order valence-corrected chi connectivity index (χ3v) is 5.02. The van der Waals surface area contributed by atoms with Crippen molar-refractivity contribution in [2.45, 2.75) is 6.04 Å². The van der Waals surface area contributed by atoms with Crippen molar-refractivity contribution in [1.82, 2.24) is 24.7 Å². The second-order valence-electron chi connectivity index (χ2n) is 6.86. The molecule has 0 aliphatic heterocycles. The number of hydrogen-bond acceptors (Lipinski definition) is 6. The molecule has 0 aliphatic carbocycles. The lowest BCUT2D eigenvalue weighted by Gasteiger charge is -2.17. The van der Waals surface area contributed by atoms with Gasteiger partial charge in [0.1, 0.15) is 0 Å². The minimum atomic E-state index is -0.378. The average Bonchev–Trinajstić information content (AvgIpc) is 3.29. The van der Waals surface area contributed by atoms with E-state index in [9.17, 15) is 9.90 Å². The summed E-state index contributed by atoms with van der Waals surface area (Å²) >= 11 is 0. The third kappa shape index (κ3) is 2.99. The average molecular weight is 398 g/mol. The second-order valence-corrected chi connectivity index (χ2v) is 6.86. The summed E-state index contributed by atoms with van der Waals surface area (Å²) in [5, 5.41) is 21.1. The van der Waals surface area contributed by atoms with E-state index in [0.717, 1.165) is 5.56 Å². The summed E-state index contributed by atoms with van der Waals surface area (Å²) in [7, 11) is 0. The van der Waals surface area contributed by atoms with E-state index in [-0.39, 0.29) is 18.2 Å². The highest BCUT2D eigenvalue weighted by Crippen LogP contribution is 2.24. The van der Waals surface area contributed by atoms with Gasteiger partial charge in [0.2, 0.25) is 5.95 Å². The fourth-order valence-corrected chi connectivity index (χ4v) is 3.55. The molecular weight excluding hydrogens is 380 g/mol. The molecule has 0 saturated carbocycles. The number of pyridine rings is 1. The van der Waals surface area contributed by atoms with Crippen molar-refractivity contribution in [2.24, 2.45) is 0 Å². The molecule has 0 aliphatic rings. The van der Waals surface area contributed by atoms with Gasteiger partial charge in [-0.05, 0) is 17.7 Å². The number of nitrogens with one attached hydrogen (secondary N) is 2. The molecule has 148 valence electrons. The van der Waals surface area contributed by atoms with Crippen LogP contribution in [0, 0.1) is 0 Å². The van der Waals surface area contributed by atoms with Gasteiger partial charge < -0.3 is 10.4 Å². The maximum atomic E-state index is 13.2. The molecule has 8 nitrogen and oxygen atoms in total. The number of aliphatic hydroxyl groups excluding tert-OH is 1. The molecule has 1 atom stereocenters. The topological polar surface area (TPSA) is 109 Å². The molecule has 0 radical (unpaired) electrons. The van der Waals surface area contributed by atoms with E-state index in [1.807, 2.05) is 60.7 Å². The first kappa shape index (κ1) is 18.0. The molecule has 2 aromatic carbocycles. The molecule has 5 aromatic rings. The number of para-hydroxylation sites is 1. The number of hydrogen-bond donors (Lipinski definition) is 3. The van der Waals surface area contributed by atoms with Gasteiger partial charge in [-0.25, -0.2) is 4.98 Å². The summed E-state index contributed by atoms with van der Waals surface area (Å²) in [6.45, 7) is -0.128. The Balaban J connectivity index is 1.70. The minimum absolute atomic E-state index is 0.128. The first-order valence-corrected chi connectivity index (χ1v) is 9.49. The van der Waals surface area contributed by atoms with Crippen LogP contribution >= 0.6 is 0 Å². The molecular formula is C22H18N6O2. The number of aliphatic hydroxyl groups is 1. The van der Waals surface area contributed by atoms with Crippen LogP contribution < -0.4 is 10.9 Å². The highest BCUT2D eigenvalue weighted by molar-refractivity contribution is 6.02. The minimum Gasteiger partial charge on any atom is -0.394 e. The van der Waals surface area contributed by atoms with Crippen LogP contribution in [0.15, 0.2) is 77.9 Å². The lowest BCUT2D eigenvalue weighted by Crippen LogP contribution is -2.21. The van der Waals surface area contributed by atoms with Gasteiger partial charge in [0.15, 0.2) is 5.65 Å². The first-order chi connectivity index (χ1) is 14.8. The van der Waals surface area contributed by atoms with E-state index in [0.29, 0.717) is 33.6 Å². The summed E-state index contributed by atoms with van der Waals surface area (Å²) in [4.78, 5) is 22.3. The van der Waals surface area contributed by atoms with Crippen molar-refractivity contribution < 1.29 is 5.11 Å². The quantitative estimate of drug-likeness (QED) is 0.420. The number of rotatable bonds is 5. The summed E-state index contributed by atoms with van der Waals surface area (Å²) < 4.78 is 1.55. The zero-order valence-electron chi connectivity index (χ0n) is 15.9. The van der Waals surface area contributed by atoms with Crippen LogP contribution in [0.2, 0.25) is 0 Å². The van der Waals surface area contributed by atoms with Crippen molar-refractivity contribution in [3.05, 3.63) is 89.0 Å². The Morgan fingerprint density at radius 3 is 2.47 bits per heavy atom. The maximum Gasteiger partial charge on any atom is 0.267 e. The second kappa shape index (κ2) is 7.41. The van der Waals surface area contributed by atoms with Crippen LogP contribution in [0.5, 0.6) is 0 Å². The predicted molar refractivity (Wildman–Crippen MR) is 115 cm³/mol. The van der Waals surface area contributed by atoms with Crippen molar-refractivity contribution in [2.75, 3.05) is 11.9 Å². The third-order valence-electron chi connectivity index (χ3n) is 5.02. The predicted octanol–water partition coefficient (Wildman–Crippen LogP) is 2.80. The number of aromatic amines is 1. The summed E-state index contributed by atoms with van der Waals surface area (Å²) in [6, 6.07) is 18.5. The SMILES string of the molecule is O=c1c2cn[nH]c2c2cnc(NC(CO)c3ccccc3)nc2n1-c1ccccc1. The number of benzene rings is 2. The molecule has 3 aromatic heterocycles. The van der Waals surface area contributed by atoms with Crippen LogP contribution in [0.4, 0.5) is 5.95 Å². The Hall–Kier alpha value is -4.04. The molecule has 5 rings (SSSR count). The van der Waals surface area contributed by atoms with Gasteiger partial charge in [0, 0.05) is 6.20 Å². The number of anilines is 1. The van der Waals surface area contributed by atoms with E-state index in [2.05, 4.69) is 25.5 Å². The summed E-state index contributed by atoms with van der Waals surface area (Å²) in [6.07, 6.45) is 3.17. The van der Waals surface area contributed by atoms with Crippen LogP contribution in [-0.2, 0) is 0 Å². The molecule has 3 N–H and O–H groups in total. The van der Waals surface area contributed by atoms with Gasteiger partial charge in [-0.2, -0.15) is 10.1 Å². The fraction of sp³-hybridized carbons (Fsp3) is 0.0909. The zero-order valence-corrected chi connectivity index (χ0v) is 15.9. The lowest BCUT2D eigenvalue weighted by atomic mass is 10.1. The molecule has 30 heavy (non-hydrogen) atoms. The van der Waals surface area contributed by atoms with Gasteiger partial charge in [-0.3, -0.25) is 14.5 Å². The van der Waals surface area contributed by atoms with Crippen molar-refractivity contribution in [3.8, 4) is 5.69 Å². The van der Waals surface area contributed by atoms with Crippen molar-refractivity contribution >= 4 is 27.9 Å². The standard InChI is InChI=1S/C22H18N6O2/c29-13-18(14-7-3-1-4-8-14)25-22-23-11-16-19-17(12-24-27-19)21(30)28(20(16)26-22)15-9-5-2-6-10-15/h1-12,18,29H,13H2,(H,24,27)(H,23,25,26). The fourth-order valence-electron chi connectivity index (χ4n) is 3.55. The van der Waals surface area contributed by atoms with Crippen molar-refractivity contribution in [1.29, 1.82) is 0 Å². The van der Waals surface area contributed by atoms with Gasteiger partial charge >= 0.3 is 0 Å². The maximum absolute atomic E-state index is 13.2. The van der Waals surface area contributed by atoms with Crippen LogP contribution in [0.1, 0.15) is 11.6 Å². The Morgan fingerprint density at radius 1 is 1.00 bits per heavy atom. The Labute approximate surface area is 170 Å². The molecule has 0 fully saturated rings. The Morgan fingerprint density at radius 2 is 1.73 bits per heavy atom. The molecule has 1 unspecified atom stereocenters. The van der Waals surface area contributed by atoms with E-state index < -0.39 is 0 Å². The number of fused-ring (bicyclic) bond motifs is 3. The smallest absolute Gasteiger partial charge is 0.267 e. The Kier molecular flexibility index (Phi) is 4.45. The van der Waals surface area contributed by atoms with Gasteiger partial charge in [-0.15, -0.1) is 0 Å². The lowest BCUT2D eigenvalue weighted by molar-refractivity contribution is 0.276. The first-order valence-electron chi connectivity index (χ1n) is 9.49. The van der Waals surface area contributed by atoms with Crippen LogP contribution in [-0.4, -0.2) is 36.4 Å². The molecule has 0 saturated heterocycles. The molecule has 3 heterocycles. The van der Waals surface area contributed by atoms with Crippen molar-refractivity contribution in [3.63, 3.8) is 0 Å². The molecule has 8 heteroatoms.